The number of halogens is 1. The molecule has 0 radical (unpaired) electrons. The molecule has 0 bridgehead atoms. The van der Waals surface area contributed by atoms with Crippen LogP contribution in [0.25, 0.3) is 0 Å². The Morgan fingerprint density at radius 1 is 1.73 bits per heavy atom. The van der Waals surface area contributed by atoms with Crippen LogP contribution in [-0.4, -0.2) is 4.98 Å². The Labute approximate surface area is 75.0 Å². The first-order valence-corrected chi connectivity index (χ1v) is 4.40. The van der Waals surface area contributed by atoms with Crippen LogP contribution in [0.1, 0.15) is 25.1 Å². The summed E-state index contributed by atoms with van der Waals surface area (Å²) in [5, 5.41) is 0. The second-order valence-corrected chi connectivity index (χ2v) is 3.33. The molecule has 1 heterocycles. The zero-order valence-electron chi connectivity index (χ0n) is 6.42. The highest BCUT2D eigenvalue weighted by Crippen LogP contribution is 2.15. The summed E-state index contributed by atoms with van der Waals surface area (Å²) in [5.41, 5.74) is 6.73. The summed E-state index contributed by atoms with van der Waals surface area (Å²) in [6.07, 6.45) is 2.68. The van der Waals surface area contributed by atoms with E-state index in [1.807, 2.05) is 19.1 Å². The third kappa shape index (κ3) is 2.27. The minimum absolute atomic E-state index is 0.0625. The average molecular weight is 215 g/mol. The van der Waals surface area contributed by atoms with Gasteiger partial charge in [-0.1, -0.05) is 22.9 Å². The lowest BCUT2D eigenvalue weighted by atomic mass is 10.1. The van der Waals surface area contributed by atoms with Crippen molar-refractivity contribution in [2.75, 3.05) is 0 Å². The lowest BCUT2D eigenvalue weighted by Crippen LogP contribution is -2.10. The van der Waals surface area contributed by atoms with Crippen LogP contribution in [-0.2, 0) is 0 Å². The van der Waals surface area contributed by atoms with Crippen LogP contribution in [0, 0.1) is 0 Å². The molecule has 60 valence electrons. The summed E-state index contributed by atoms with van der Waals surface area (Å²) in [6.45, 7) is 2.05. The van der Waals surface area contributed by atoms with E-state index in [9.17, 15) is 0 Å². The maximum Gasteiger partial charge on any atom is 0.0582 e. The van der Waals surface area contributed by atoms with Gasteiger partial charge < -0.3 is 5.73 Å². The number of nitrogens with two attached hydrogens (primary N) is 1. The molecule has 1 aromatic heterocycles. The summed E-state index contributed by atoms with van der Waals surface area (Å²) in [4.78, 5) is 4.16. The normalized spacial score (nSPS) is 13.0. The molecule has 0 aliphatic carbocycles. The van der Waals surface area contributed by atoms with Crippen LogP contribution in [0.15, 0.2) is 22.8 Å². The van der Waals surface area contributed by atoms with Gasteiger partial charge in [0.1, 0.15) is 0 Å². The second kappa shape index (κ2) is 3.83. The Morgan fingerprint density at radius 3 is 3.00 bits per heavy atom. The van der Waals surface area contributed by atoms with Crippen molar-refractivity contribution in [1.82, 2.24) is 4.98 Å². The molecule has 0 aromatic carbocycles. The molecule has 0 unspecified atom stereocenters. The molecule has 1 rings (SSSR count). The molecule has 0 aliphatic rings. The highest BCUT2D eigenvalue weighted by atomic mass is 79.9. The van der Waals surface area contributed by atoms with E-state index in [1.54, 1.807) is 6.20 Å². The fraction of sp³-hybridized carbons (Fsp3) is 0.375. The van der Waals surface area contributed by atoms with Crippen molar-refractivity contribution in [1.29, 1.82) is 0 Å². The standard InChI is InChI=1S/C8H11BrN2/c1-2-7(10)8-5-6(9)3-4-11-8/h3-5,7H,2,10H2,1H3/t7-/m0/s1. The van der Waals surface area contributed by atoms with Gasteiger partial charge in [0.05, 0.1) is 5.69 Å². The van der Waals surface area contributed by atoms with Gasteiger partial charge in [0.15, 0.2) is 0 Å². The molecule has 0 saturated heterocycles. The number of nitrogens with zero attached hydrogens (tertiary/aromatic N) is 1. The first-order chi connectivity index (χ1) is 5.24. The van der Waals surface area contributed by atoms with E-state index >= 15 is 0 Å². The van der Waals surface area contributed by atoms with Gasteiger partial charge >= 0.3 is 0 Å². The van der Waals surface area contributed by atoms with Gasteiger partial charge in [-0.3, -0.25) is 4.98 Å². The number of hydrogen-bond donors (Lipinski definition) is 1. The highest BCUT2D eigenvalue weighted by Gasteiger charge is 2.03. The predicted octanol–water partition coefficient (Wildman–Crippen LogP) is 2.25. The molecule has 2 nitrogen and oxygen atoms in total. The van der Waals surface area contributed by atoms with Crippen molar-refractivity contribution in [3.63, 3.8) is 0 Å². The summed E-state index contributed by atoms with van der Waals surface area (Å²) < 4.78 is 1.03. The number of pyridine rings is 1. The van der Waals surface area contributed by atoms with Crippen molar-refractivity contribution in [2.24, 2.45) is 5.73 Å². The molecule has 3 heteroatoms. The van der Waals surface area contributed by atoms with Gasteiger partial charge in [-0.2, -0.15) is 0 Å². The molecule has 0 spiro atoms. The summed E-state index contributed by atoms with van der Waals surface area (Å²) in [6, 6.07) is 3.91. The van der Waals surface area contributed by atoms with Gasteiger partial charge in [-0.15, -0.1) is 0 Å². The second-order valence-electron chi connectivity index (χ2n) is 2.41. The molecule has 0 amide bonds. The molecule has 0 aliphatic heterocycles. The van der Waals surface area contributed by atoms with E-state index in [1.165, 1.54) is 0 Å². The van der Waals surface area contributed by atoms with E-state index in [-0.39, 0.29) is 6.04 Å². The zero-order chi connectivity index (χ0) is 8.27. The molecular weight excluding hydrogens is 204 g/mol. The maximum atomic E-state index is 5.78. The summed E-state index contributed by atoms with van der Waals surface area (Å²) in [7, 11) is 0. The molecule has 1 atom stereocenters. The highest BCUT2D eigenvalue weighted by molar-refractivity contribution is 9.10. The Hall–Kier alpha value is -0.410. The largest absolute Gasteiger partial charge is 0.323 e. The molecule has 11 heavy (non-hydrogen) atoms. The minimum atomic E-state index is 0.0625. The molecule has 2 N–H and O–H groups in total. The Bertz CT molecular complexity index is 237. The van der Waals surface area contributed by atoms with Crippen LogP contribution in [0.5, 0.6) is 0 Å². The summed E-state index contributed by atoms with van der Waals surface area (Å²) in [5.74, 6) is 0. The van der Waals surface area contributed by atoms with E-state index in [0.717, 1.165) is 16.6 Å². The Kier molecular flexibility index (Phi) is 3.02. The van der Waals surface area contributed by atoms with Gasteiger partial charge in [-0.25, -0.2) is 0 Å². The van der Waals surface area contributed by atoms with Crippen LogP contribution in [0.3, 0.4) is 0 Å². The maximum absolute atomic E-state index is 5.78. The first-order valence-electron chi connectivity index (χ1n) is 3.61. The van der Waals surface area contributed by atoms with Crippen molar-refractivity contribution in [3.05, 3.63) is 28.5 Å². The third-order valence-corrected chi connectivity index (χ3v) is 2.06. The number of hydrogen-bond acceptors (Lipinski definition) is 2. The minimum Gasteiger partial charge on any atom is -0.323 e. The van der Waals surface area contributed by atoms with Crippen LogP contribution in [0.4, 0.5) is 0 Å². The Morgan fingerprint density at radius 2 is 2.45 bits per heavy atom. The van der Waals surface area contributed by atoms with E-state index < -0.39 is 0 Å². The first kappa shape index (κ1) is 8.68. The van der Waals surface area contributed by atoms with Crippen molar-refractivity contribution in [2.45, 2.75) is 19.4 Å². The summed E-state index contributed by atoms with van der Waals surface area (Å²) >= 11 is 3.36. The van der Waals surface area contributed by atoms with E-state index in [4.69, 9.17) is 5.73 Å². The van der Waals surface area contributed by atoms with E-state index in [2.05, 4.69) is 20.9 Å². The SMILES string of the molecule is CC[C@H](N)c1cc(Br)ccn1. The quantitative estimate of drug-likeness (QED) is 0.821. The third-order valence-electron chi connectivity index (χ3n) is 1.56. The average Bonchev–Trinajstić information content (AvgIpc) is 2.03. The lowest BCUT2D eigenvalue weighted by Gasteiger charge is -2.06. The van der Waals surface area contributed by atoms with Gasteiger partial charge in [0.25, 0.3) is 0 Å². The fourth-order valence-corrected chi connectivity index (χ4v) is 1.19. The zero-order valence-corrected chi connectivity index (χ0v) is 8.01. The van der Waals surface area contributed by atoms with Gasteiger partial charge in [-0.05, 0) is 18.6 Å². The molecule has 1 aromatic rings. The topological polar surface area (TPSA) is 38.9 Å². The van der Waals surface area contributed by atoms with E-state index in [0.29, 0.717) is 0 Å². The molecular formula is C8H11BrN2. The monoisotopic (exact) mass is 214 g/mol. The van der Waals surface area contributed by atoms with Gasteiger partial charge in [0.2, 0.25) is 0 Å². The van der Waals surface area contributed by atoms with Crippen molar-refractivity contribution >= 4 is 15.9 Å². The number of aromatic nitrogens is 1. The Balaban J connectivity index is 2.86. The predicted molar refractivity (Wildman–Crippen MR) is 49.2 cm³/mol. The van der Waals surface area contributed by atoms with Crippen molar-refractivity contribution in [3.8, 4) is 0 Å². The van der Waals surface area contributed by atoms with Crippen molar-refractivity contribution < 1.29 is 0 Å². The van der Waals surface area contributed by atoms with Crippen LogP contribution in [0.2, 0.25) is 0 Å². The molecule has 0 saturated carbocycles. The smallest absolute Gasteiger partial charge is 0.0582 e. The van der Waals surface area contributed by atoms with Crippen LogP contribution < -0.4 is 5.73 Å². The fourth-order valence-electron chi connectivity index (χ4n) is 0.833. The number of rotatable bonds is 2. The van der Waals surface area contributed by atoms with Gasteiger partial charge in [0, 0.05) is 16.7 Å². The lowest BCUT2D eigenvalue weighted by molar-refractivity contribution is 0.675. The molecule has 0 fully saturated rings. The van der Waals surface area contributed by atoms with Crippen LogP contribution >= 0.6 is 15.9 Å².